The van der Waals surface area contributed by atoms with Crippen LogP contribution in [0.3, 0.4) is 0 Å². The number of morpholine rings is 2. The summed E-state index contributed by atoms with van der Waals surface area (Å²) in [5.74, 6) is 2.18. The maximum Gasteiger partial charge on any atom is 0.228 e. The molecule has 2 aliphatic rings. The number of nitrogen functional groups attached to an aromatic ring is 1. The van der Waals surface area contributed by atoms with Crippen LogP contribution in [-0.2, 0) is 9.47 Å². The molecule has 138 valence electrons. The Morgan fingerprint density at radius 1 is 0.923 bits per heavy atom. The lowest BCUT2D eigenvalue weighted by atomic mass is 10.1. The maximum atomic E-state index is 5.81. The summed E-state index contributed by atoms with van der Waals surface area (Å²) < 4.78 is 10.9. The summed E-state index contributed by atoms with van der Waals surface area (Å²) in [6, 6.07) is 3.91. The summed E-state index contributed by atoms with van der Waals surface area (Å²) in [5.41, 5.74) is 8.71. The smallest absolute Gasteiger partial charge is 0.228 e. The van der Waals surface area contributed by atoms with Gasteiger partial charge in [-0.05, 0) is 18.6 Å². The molecule has 4 heterocycles. The van der Waals surface area contributed by atoms with Gasteiger partial charge in [0.05, 0.1) is 32.1 Å². The van der Waals surface area contributed by atoms with E-state index in [1.165, 1.54) is 0 Å². The number of nitrogens with zero attached hydrogens (tertiary/aromatic N) is 5. The zero-order valence-electron chi connectivity index (χ0n) is 15.0. The molecule has 2 N–H and O–H groups in total. The second-order valence-corrected chi connectivity index (χ2v) is 6.53. The summed E-state index contributed by atoms with van der Waals surface area (Å²) >= 11 is 0. The number of aromatic nitrogens is 3. The Hall–Kier alpha value is -2.45. The minimum atomic E-state index is 0.516. The van der Waals surface area contributed by atoms with Crippen molar-refractivity contribution in [2.45, 2.75) is 6.92 Å². The summed E-state index contributed by atoms with van der Waals surface area (Å²) in [6.45, 7) is 8.11. The first-order valence-corrected chi connectivity index (χ1v) is 8.98. The first kappa shape index (κ1) is 17.0. The zero-order valence-corrected chi connectivity index (χ0v) is 15.0. The monoisotopic (exact) mass is 356 g/mol. The lowest BCUT2D eigenvalue weighted by Gasteiger charge is -2.31. The number of anilines is 3. The second-order valence-electron chi connectivity index (χ2n) is 6.53. The molecule has 8 heteroatoms. The summed E-state index contributed by atoms with van der Waals surface area (Å²) in [7, 11) is 0. The highest BCUT2D eigenvalue weighted by molar-refractivity contribution is 5.68. The van der Waals surface area contributed by atoms with Crippen molar-refractivity contribution in [2.75, 3.05) is 68.1 Å². The van der Waals surface area contributed by atoms with Crippen molar-refractivity contribution in [2.24, 2.45) is 0 Å². The average molecular weight is 356 g/mol. The van der Waals surface area contributed by atoms with Gasteiger partial charge in [0.25, 0.3) is 0 Å². The highest BCUT2D eigenvalue weighted by Crippen LogP contribution is 2.28. The number of hydrogen-bond donors (Lipinski definition) is 1. The molecule has 0 aliphatic carbocycles. The fourth-order valence-corrected chi connectivity index (χ4v) is 3.27. The third-order valence-electron chi connectivity index (χ3n) is 4.74. The van der Waals surface area contributed by atoms with E-state index in [4.69, 9.17) is 25.2 Å². The van der Waals surface area contributed by atoms with Crippen molar-refractivity contribution in [3.05, 3.63) is 23.9 Å². The van der Waals surface area contributed by atoms with Gasteiger partial charge in [-0.2, -0.15) is 4.98 Å². The van der Waals surface area contributed by atoms with E-state index in [0.29, 0.717) is 32.2 Å². The van der Waals surface area contributed by atoms with Gasteiger partial charge in [0.1, 0.15) is 11.6 Å². The number of aryl methyl sites for hydroxylation is 1. The number of nitrogens with two attached hydrogens (primary N) is 1. The van der Waals surface area contributed by atoms with E-state index in [1.807, 2.05) is 19.1 Å². The molecule has 2 aromatic heterocycles. The molecule has 0 aromatic carbocycles. The molecule has 2 fully saturated rings. The predicted molar refractivity (Wildman–Crippen MR) is 100 cm³/mol. The molecule has 0 amide bonds. The van der Waals surface area contributed by atoms with E-state index in [1.54, 1.807) is 6.20 Å². The van der Waals surface area contributed by atoms with E-state index < -0.39 is 0 Å². The van der Waals surface area contributed by atoms with Crippen LogP contribution in [0.4, 0.5) is 17.6 Å². The van der Waals surface area contributed by atoms with Crippen LogP contribution in [0.2, 0.25) is 0 Å². The Morgan fingerprint density at radius 2 is 1.58 bits per heavy atom. The van der Waals surface area contributed by atoms with Crippen LogP contribution in [0, 0.1) is 6.92 Å². The van der Waals surface area contributed by atoms with Gasteiger partial charge in [-0.1, -0.05) is 0 Å². The number of hydrogen-bond acceptors (Lipinski definition) is 8. The van der Waals surface area contributed by atoms with Gasteiger partial charge in [-0.25, -0.2) is 9.97 Å². The molecule has 2 saturated heterocycles. The predicted octanol–water partition coefficient (Wildman–Crippen LogP) is 1.10. The van der Waals surface area contributed by atoms with Crippen molar-refractivity contribution in [3.63, 3.8) is 0 Å². The third-order valence-corrected chi connectivity index (χ3v) is 4.74. The lowest BCUT2D eigenvalue weighted by molar-refractivity contribution is 0.121. The van der Waals surface area contributed by atoms with E-state index in [-0.39, 0.29) is 0 Å². The molecular formula is C18H24N6O2. The van der Waals surface area contributed by atoms with Crippen molar-refractivity contribution in [3.8, 4) is 11.3 Å². The molecule has 8 nitrogen and oxygen atoms in total. The van der Waals surface area contributed by atoms with Gasteiger partial charge >= 0.3 is 0 Å². The van der Waals surface area contributed by atoms with E-state index in [0.717, 1.165) is 54.8 Å². The van der Waals surface area contributed by atoms with Crippen LogP contribution in [-0.4, -0.2) is 67.6 Å². The summed E-state index contributed by atoms with van der Waals surface area (Å²) in [4.78, 5) is 18.3. The molecule has 0 radical (unpaired) electrons. The molecule has 0 spiro atoms. The molecule has 0 saturated carbocycles. The lowest BCUT2D eigenvalue weighted by Crippen LogP contribution is -2.39. The fraction of sp³-hybridized carbons (Fsp3) is 0.500. The van der Waals surface area contributed by atoms with Crippen molar-refractivity contribution < 1.29 is 9.47 Å². The molecule has 0 bridgehead atoms. The Kier molecular flexibility index (Phi) is 4.85. The van der Waals surface area contributed by atoms with Gasteiger partial charge in [-0.15, -0.1) is 0 Å². The fourth-order valence-electron chi connectivity index (χ4n) is 3.27. The zero-order chi connectivity index (χ0) is 17.9. The molecule has 26 heavy (non-hydrogen) atoms. The SMILES string of the molecule is Cc1cc(N)ncc1-c1cc(N2CCOCC2)nc(N2CCOCC2)n1. The summed E-state index contributed by atoms with van der Waals surface area (Å²) in [5, 5.41) is 0. The average Bonchev–Trinajstić information content (AvgIpc) is 2.69. The first-order valence-electron chi connectivity index (χ1n) is 8.98. The standard InChI is InChI=1S/C18H24N6O2/c1-13-10-16(19)20-12-14(13)15-11-17(23-2-6-25-7-3-23)22-18(21-15)24-4-8-26-9-5-24/h10-12H,2-9H2,1H3,(H2,19,20). The van der Waals surface area contributed by atoms with E-state index in [2.05, 4.69) is 14.8 Å². The van der Waals surface area contributed by atoms with Gasteiger partial charge in [0.15, 0.2) is 0 Å². The van der Waals surface area contributed by atoms with Crippen LogP contribution in [0.15, 0.2) is 18.3 Å². The van der Waals surface area contributed by atoms with Crippen LogP contribution >= 0.6 is 0 Å². The molecule has 2 aliphatic heterocycles. The first-order chi connectivity index (χ1) is 12.7. The minimum Gasteiger partial charge on any atom is -0.384 e. The summed E-state index contributed by atoms with van der Waals surface area (Å²) in [6.07, 6.45) is 1.79. The van der Waals surface area contributed by atoms with Gasteiger partial charge in [0, 0.05) is 44.0 Å². The highest BCUT2D eigenvalue weighted by Gasteiger charge is 2.20. The van der Waals surface area contributed by atoms with E-state index >= 15 is 0 Å². The van der Waals surface area contributed by atoms with Crippen molar-refractivity contribution in [1.82, 2.24) is 15.0 Å². The van der Waals surface area contributed by atoms with Crippen molar-refractivity contribution >= 4 is 17.6 Å². The van der Waals surface area contributed by atoms with Gasteiger partial charge in [0.2, 0.25) is 5.95 Å². The molecular weight excluding hydrogens is 332 g/mol. The van der Waals surface area contributed by atoms with Gasteiger partial charge in [-0.3, -0.25) is 0 Å². The van der Waals surface area contributed by atoms with Gasteiger partial charge < -0.3 is 25.0 Å². The minimum absolute atomic E-state index is 0.516. The molecule has 0 atom stereocenters. The quantitative estimate of drug-likeness (QED) is 0.875. The molecule has 2 aromatic rings. The Bertz CT molecular complexity index is 736. The normalized spacial score (nSPS) is 18.2. The van der Waals surface area contributed by atoms with Crippen molar-refractivity contribution in [1.29, 1.82) is 0 Å². The number of ether oxygens (including phenoxy) is 2. The third kappa shape index (κ3) is 3.56. The highest BCUT2D eigenvalue weighted by atomic mass is 16.5. The molecule has 0 unspecified atom stereocenters. The topological polar surface area (TPSA) is 89.6 Å². The van der Waals surface area contributed by atoms with E-state index in [9.17, 15) is 0 Å². The number of rotatable bonds is 3. The van der Waals surface area contributed by atoms with Crippen LogP contribution in [0.25, 0.3) is 11.3 Å². The number of pyridine rings is 1. The van der Waals surface area contributed by atoms with Crippen LogP contribution < -0.4 is 15.5 Å². The maximum absolute atomic E-state index is 5.81. The molecule has 4 rings (SSSR count). The Labute approximate surface area is 153 Å². The largest absolute Gasteiger partial charge is 0.384 e. The second kappa shape index (κ2) is 7.43. The Morgan fingerprint density at radius 3 is 2.23 bits per heavy atom. The van der Waals surface area contributed by atoms with Crippen LogP contribution in [0.5, 0.6) is 0 Å². The Balaban J connectivity index is 1.76. The van der Waals surface area contributed by atoms with Crippen LogP contribution in [0.1, 0.15) is 5.56 Å².